The summed E-state index contributed by atoms with van der Waals surface area (Å²) in [4.78, 5) is 15.9. The Hall–Kier alpha value is -2.76. The molecule has 1 aliphatic rings. The van der Waals surface area contributed by atoms with Crippen molar-refractivity contribution in [3.05, 3.63) is 93.4 Å². The van der Waals surface area contributed by atoms with E-state index in [4.69, 9.17) is 0 Å². The quantitative estimate of drug-likeness (QED) is 0.639. The minimum atomic E-state index is -0.755. The van der Waals surface area contributed by atoms with Gasteiger partial charge in [0.15, 0.2) is 0 Å². The minimum Gasteiger partial charge on any atom is -0.385 e. The molecule has 0 radical (unpaired) electrons. The van der Waals surface area contributed by atoms with Gasteiger partial charge in [-0.25, -0.2) is 4.39 Å². The number of likely N-dealkylation sites (N-methyl/N-ethyl adjacent to an activating group) is 1. The van der Waals surface area contributed by atoms with E-state index in [-0.39, 0.29) is 23.7 Å². The van der Waals surface area contributed by atoms with Crippen LogP contribution in [-0.2, 0) is 4.79 Å². The number of carbonyl (C=O) groups excluding carboxylic acids is 1. The van der Waals surface area contributed by atoms with Crippen molar-refractivity contribution in [1.82, 2.24) is 4.90 Å². The van der Waals surface area contributed by atoms with Gasteiger partial charge in [0.1, 0.15) is 11.9 Å². The summed E-state index contributed by atoms with van der Waals surface area (Å²) in [6.07, 6.45) is 3.52. The molecule has 5 heteroatoms. The van der Waals surface area contributed by atoms with Gasteiger partial charge in [-0.15, -0.1) is 11.3 Å². The Morgan fingerprint density at radius 3 is 2.52 bits per heavy atom. The number of likely N-dealkylation sites (tertiary alicyclic amines) is 1. The highest BCUT2D eigenvalue weighted by Crippen LogP contribution is 2.41. The molecule has 4 rings (SSSR count). The SMILES string of the molecule is CN1C(=O)C[C@H](c2ccccc2)[C@@H]1C(O)c1ccc(C=Cc2ccc(F)cc2)s1. The molecule has 3 aromatic rings. The highest BCUT2D eigenvalue weighted by atomic mass is 32.1. The molecule has 1 aliphatic heterocycles. The van der Waals surface area contributed by atoms with Gasteiger partial charge >= 0.3 is 0 Å². The molecule has 29 heavy (non-hydrogen) atoms. The number of rotatable bonds is 5. The number of carbonyl (C=O) groups is 1. The van der Waals surface area contributed by atoms with Crippen LogP contribution in [0.1, 0.15) is 39.3 Å². The van der Waals surface area contributed by atoms with E-state index < -0.39 is 6.10 Å². The second kappa shape index (κ2) is 8.31. The van der Waals surface area contributed by atoms with Crippen LogP contribution in [0.4, 0.5) is 4.39 Å². The number of amides is 1. The van der Waals surface area contributed by atoms with E-state index in [1.807, 2.05) is 54.6 Å². The molecule has 3 nitrogen and oxygen atoms in total. The summed E-state index contributed by atoms with van der Waals surface area (Å²) in [5.41, 5.74) is 1.98. The van der Waals surface area contributed by atoms with Crippen LogP contribution in [0.2, 0.25) is 0 Å². The summed E-state index contributed by atoms with van der Waals surface area (Å²) in [6.45, 7) is 0. The van der Waals surface area contributed by atoms with Crippen molar-refractivity contribution in [2.24, 2.45) is 0 Å². The number of aliphatic hydroxyl groups is 1. The summed E-state index contributed by atoms with van der Waals surface area (Å²) in [7, 11) is 1.77. The molecule has 1 fully saturated rings. The van der Waals surface area contributed by atoms with Crippen LogP contribution in [0.3, 0.4) is 0 Å². The minimum absolute atomic E-state index is 0.0380. The van der Waals surface area contributed by atoms with Gasteiger partial charge in [-0.3, -0.25) is 4.79 Å². The number of benzene rings is 2. The number of halogens is 1. The van der Waals surface area contributed by atoms with Gasteiger partial charge in [0.05, 0.1) is 6.04 Å². The summed E-state index contributed by atoms with van der Waals surface area (Å²) in [5, 5.41) is 11.1. The van der Waals surface area contributed by atoms with Gasteiger partial charge in [0.25, 0.3) is 0 Å². The lowest BCUT2D eigenvalue weighted by Crippen LogP contribution is -2.36. The monoisotopic (exact) mass is 407 g/mol. The maximum atomic E-state index is 13.0. The van der Waals surface area contributed by atoms with Crippen LogP contribution < -0.4 is 0 Å². The van der Waals surface area contributed by atoms with Crippen molar-refractivity contribution in [1.29, 1.82) is 0 Å². The molecule has 0 saturated carbocycles. The number of hydrogen-bond acceptors (Lipinski definition) is 3. The molecule has 0 spiro atoms. The number of thiophene rings is 1. The second-order valence-electron chi connectivity index (χ2n) is 7.29. The third kappa shape index (κ3) is 4.16. The van der Waals surface area contributed by atoms with Crippen molar-refractivity contribution in [2.75, 3.05) is 7.05 Å². The standard InChI is InChI=1S/C24H22FNO2S/c1-26-22(27)15-20(17-5-3-2-4-6-17)23(26)24(28)21-14-13-19(29-21)12-9-16-7-10-18(25)11-8-16/h2-14,20,23-24,28H,15H2,1H3/t20-,23-,24?/m1/s1. The van der Waals surface area contributed by atoms with Crippen molar-refractivity contribution < 1.29 is 14.3 Å². The number of nitrogens with zero attached hydrogens (tertiary/aromatic N) is 1. The predicted octanol–water partition coefficient (Wildman–Crippen LogP) is 5.11. The molecule has 2 heterocycles. The normalized spacial score (nSPS) is 20.5. The fraction of sp³-hybridized carbons (Fsp3) is 0.208. The van der Waals surface area contributed by atoms with E-state index in [0.717, 1.165) is 20.9 Å². The van der Waals surface area contributed by atoms with Crippen molar-refractivity contribution in [3.8, 4) is 0 Å². The first-order chi connectivity index (χ1) is 14.0. The Bertz CT molecular complexity index is 1010. The Morgan fingerprint density at radius 1 is 1.07 bits per heavy atom. The predicted molar refractivity (Wildman–Crippen MR) is 115 cm³/mol. The summed E-state index contributed by atoms with van der Waals surface area (Å²) in [5.74, 6) is -0.244. The topological polar surface area (TPSA) is 40.5 Å². The van der Waals surface area contributed by atoms with Crippen LogP contribution in [0.5, 0.6) is 0 Å². The molecular formula is C24H22FNO2S. The smallest absolute Gasteiger partial charge is 0.223 e. The highest BCUT2D eigenvalue weighted by Gasteiger charge is 2.43. The van der Waals surface area contributed by atoms with Gasteiger partial charge in [-0.1, -0.05) is 48.5 Å². The Balaban J connectivity index is 1.55. The molecule has 3 atom stereocenters. The van der Waals surface area contributed by atoms with E-state index >= 15 is 0 Å². The lowest BCUT2D eigenvalue weighted by Gasteiger charge is -2.29. The number of aliphatic hydroxyl groups excluding tert-OH is 1. The Kier molecular flexibility index (Phi) is 5.60. The zero-order valence-electron chi connectivity index (χ0n) is 16.0. The largest absolute Gasteiger partial charge is 0.385 e. The maximum absolute atomic E-state index is 13.0. The fourth-order valence-electron chi connectivity index (χ4n) is 3.87. The molecule has 148 valence electrons. The third-order valence-electron chi connectivity index (χ3n) is 5.45. The van der Waals surface area contributed by atoms with Crippen molar-refractivity contribution >= 4 is 29.4 Å². The second-order valence-corrected chi connectivity index (χ2v) is 8.43. The lowest BCUT2D eigenvalue weighted by molar-refractivity contribution is -0.128. The van der Waals surface area contributed by atoms with Crippen LogP contribution >= 0.6 is 11.3 Å². The zero-order chi connectivity index (χ0) is 20.4. The average Bonchev–Trinajstić information content (AvgIpc) is 3.33. The van der Waals surface area contributed by atoms with Crippen LogP contribution in [0, 0.1) is 5.82 Å². The van der Waals surface area contributed by atoms with Crippen molar-refractivity contribution in [3.63, 3.8) is 0 Å². The number of hydrogen-bond donors (Lipinski definition) is 1. The molecule has 1 unspecified atom stereocenters. The van der Waals surface area contributed by atoms with E-state index in [9.17, 15) is 14.3 Å². The molecule has 1 N–H and O–H groups in total. The molecule has 2 aromatic carbocycles. The third-order valence-corrected chi connectivity index (χ3v) is 6.57. The molecule has 0 aliphatic carbocycles. The zero-order valence-corrected chi connectivity index (χ0v) is 16.9. The average molecular weight is 408 g/mol. The van der Waals surface area contributed by atoms with E-state index in [0.29, 0.717) is 6.42 Å². The summed E-state index contributed by atoms with van der Waals surface area (Å²) in [6, 6.07) is 19.8. The van der Waals surface area contributed by atoms with Gasteiger partial charge in [-0.05, 0) is 41.5 Å². The maximum Gasteiger partial charge on any atom is 0.223 e. The van der Waals surface area contributed by atoms with Gasteiger partial charge in [-0.2, -0.15) is 0 Å². The van der Waals surface area contributed by atoms with Crippen molar-refractivity contribution in [2.45, 2.75) is 24.5 Å². The summed E-state index contributed by atoms with van der Waals surface area (Å²) >= 11 is 1.50. The van der Waals surface area contributed by atoms with E-state index in [1.165, 1.54) is 23.5 Å². The van der Waals surface area contributed by atoms with Gasteiger partial charge < -0.3 is 10.0 Å². The molecular weight excluding hydrogens is 385 g/mol. The molecule has 1 saturated heterocycles. The first-order valence-electron chi connectivity index (χ1n) is 9.55. The fourth-order valence-corrected chi connectivity index (χ4v) is 4.81. The lowest BCUT2D eigenvalue weighted by atomic mass is 9.88. The van der Waals surface area contributed by atoms with Gasteiger partial charge in [0.2, 0.25) is 5.91 Å². The van der Waals surface area contributed by atoms with Crippen LogP contribution in [0.25, 0.3) is 12.2 Å². The van der Waals surface area contributed by atoms with Gasteiger partial charge in [0, 0.05) is 29.1 Å². The van der Waals surface area contributed by atoms with E-state index in [2.05, 4.69) is 0 Å². The van der Waals surface area contributed by atoms with Crippen LogP contribution in [-0.4, -0.2) is 29.0 Å². The molecule has 1 aromatic heterocycles. The Labute approximate surface area is 173 Å². The first-order valence-corrected chi connectivity index (χ1v) is 10.4. The molecule has 0 bridgehead atoms. The summed E-state index contributed by atoms with van der Waals surface area (Å²) < 4.78 is 13.0. The molecule has 1 amide bonds. The van der Waals surface area contributed by atoms with E-state index in [1.54, 1.807) is 24.1 Å². The first kappa shape index (κ1) is 19.6. The van der Waals surface area contributed by atoms with Crippen LogP contribution in [0.15, 0.2) is 66.7 Å². The highest BCUT2D eigenvalue weighted by molar-refractivity contribution is 7.13. The Morgan fingerprint density at radius 2 is 1.79 bits per heavy atom.